The predicted molar refractivity (Wildman–Crippen MR) is 84.5 cm³/mol. The first-order valence-corrected chi connectivity index (χ1v) is 8.50. The van der Waals surface area contributed by atoms with Gasteiger partial charge in [-0.05, 0) is 45.7 Å². The highest BCUT2D eigenvalue weighted by Gasteiger charge is 2.33. The molecule has 0 radical (unpaired) electrons. The van der Waals surface area contributed by atoms with E-state index in [4.69, 9.17) is 0 Å². The minimum Gasteiger partial charge on any atom is -0.477 e. The molecule has 3 rings (SSSR count). The quantitative estimate of drug-likeness (QED) is 0.905. The van der Waals surface area contributed by atoms with Crippen molar-refractivity contribution in [1.82, 2.24) is 9.88 Å². The number of carboxylic acid groups (broad SMARTS) is 1. The second-order valence-electron chi connectivity index (χ2n) is 6.48. The second kappa shape index (κ2) is 5.93. The zero-order valence-electron chi connectivity index (χ0n) is 12.7. The van der Waals surface area contributed by atoms with Gasteiger partial charge in [-0.15, -0.1) is 0 Å². The molecule has 116 valence electrons. The van der Waals surface area contributed by atoms with Crippen molar-refractivity contribution in [3.63, 3.8) is 0 Å². The van der Waals surface area contributed by atoms with Crippen LogP contribution >= 0.6 is 11.3 Å². The summed E-state index contributed by atoms with van der Waals surface area (Å²) in [5, 5.41) is 10.3. The Balaban J connectivity index is 1.68. The first-order chi connectivity index (χ1) is 10.0. The fourth-order valence-corrected chi connectivity index (χ4v) is 4.11. The average molecular weight is 309 g/mol. The van der Waals surface area contributed by atoms with Crippen LogP contribution in [0.4, 0.5) is 5.13 Å². The van der Waals surface area contributed by atoms with Crippen molar-refractivity contribution >= 4 is 22.4 Å². The number of thiazole rings is 1. The highest BCUT2D eigenvalue weighted by molar-refractivity contribution is 7.17. The third kappa shape index (κ3) is 3.37. The van der Waals surface area contributed by atoms with Gasteiger partial charge in [0.05, 0.1) is 5.69 Å². The number of carbonyl (C=O) groups is 1. The summed E-state index contributed by atoms with van der Waals surface area (Å²) in [7, 11) is 4.24. The zero-order chi connectivity index (χ0) is 15.0. The molecule has 1 N–H and O–H groups in total. The molecule has 1 aromatic heterocycles. The molecular formula is C15H23N3O2S. The van der Waals surface area contributed by atoms with Crippen molar-refractivity contribution in [3.8, 4) is 0 Å². The Bertz CT molecular complexity index is 517. The Morgan fingerprint density at radius 3 is 2.52 bits per heavy atom. The Hall–Kier alpha value is -1.14. The van der Waals surface area contributed by atoms with Crippen molar-refractivity contribution in [2.45, 2.75) is 31.6 Å². The van der Waals surface area contributed by atoms with Crippen molar-refractivity contribution in [3.05, 3.63) is 10.6 Å². The van der Waals surface area contributed by atoms with Crippen molar-refractivity contribution in [2.24, 2.45) is 5.92 Å². The Kier molecular flexibility index (Phi) is 4.17. The Labute approximate surface area is 129 Å². The van der Waals surface area contributed by atoms with Crippen molar-refractivity contribution in [2.75, 3.05) is 38.6 Å². The molecule has 0 bridgehead atoms. The minimum atomic E-state index is -0.817. The van der Waals surface area contributed by atoms with Crippen LogP contribution in [0.3, 0.4) is 0 Å². The van der Waals surface area contributed by atoms with Crippen LogP contribution < -0.4 is 4.90 Å². The first-order valence-electron chi connectivity index (χ1n) is 7.68. The summed E-state index contributed by atoms with van der Waals surface area (Å²) in [6.45, 7) is 3.13. The molecule has 1 aliphatic carbocycles. The Morgan fingerprint density at radius 1 is 1.33 bits per heavy atom. The maximum atomic E-state index is 11.4. The lowest BCUT2D eigenvalue weighted by Gasteiger charge is -2.33. The van der Waals surface area contributed by atoms with Crippen LogP contribution in [0.25, 0.3) is 0 Å². The van der Waals surface area contributed by atoms with Gasteiger partial charge < -0.3 is 14.9 Å². The highest BCUT2D eigenvalue weighted by atomic mass is 32.1. The van der Waals surface area contributed by atoms with Crippen LogP contribution in [0.1, 0.15) is 47.0 Å². The molecule has 0 aromatic carbocycles. The van der Waals surface area contributed by atoms with E-state index in [1.807, 2.05) is 0 Å². The van der Waals surface area contributed by atoms with E-state index in [0.29, 0.717) is 10.8 Å². The van der Waals surface area contributed by atoms with Crippen LogP contribution in [0, 0.1) is 5.92 Å². The van der Waals surface area contributed by atoms with E-state index in [0.717, 1.165) is 49.2 Å². The molecule has 0 unspecified atom stereocenters. The van der Waals surface area contributed by atoms with Gasteiger partial charge in [0.2, 0.25) is 0 Å². The van der Waals surface area contributed by atoms with E-state index in [1.54, 1.807) is 0 Å². The molecular weight excluding hydrogens is 286 g/mol. The third-order valence-electron chi connectivity index (χ3n) is 4.31. The van der Waals surface area contributed by atoms with Crippen LogP contribution in [0.2, 0.25) is 0 Å². The summed E-state index contributed by atoms with van der Waals surface area (Å²) in [5.41, 5.74) is 0.831. The maximum absolute atomic E-state index is 11.4. The molecule has 2 aliphatic rings. The predicted octanol–water partition coefficient (Wildman–Crippen LogP) is 2.50. The summed E-state index contributed by atoms with van der Waals surface area (Å²) in [5.74, 6) is 0.327. The van der Waals surface area contributed by atoms with Gasteiger partial charge in [0, 0.05) is 25.6 Å². The van der Waals surface area contributed by atoms with E-state index in [-0.39, 0.29) is 0 Å². The fourth-order valence-electron chi connectivity index (χ4n) is 3.07. The van der Waals surface area contributed by atoms with E-state index in [9.17, 15) is 9.90 Å². The molecule has 5 nitrogen and oxygen atoms in total. The maximum Gasteiger partial charge on any atom is 0.347 e. The SMILES string of the molecule is CN(C)CC1CCN(c2nc(C3CC3)c(C(=O)O)s2)CC1. The first kappa shape index (κ1) is 14.8. The number of carboxylic acids is 1. The minimum absolute atomic E-state index is 0.396. The van der Waals surface area contributed by atoms with E-state index < -0.39 is 5.97 Å². The fraction of sp³-hybridized carbons (Fsp3) is 0.733. The van der Waals surface area contributed by atoms with Gasteiger partial charge in [0.25, 0.3) is 0 Å². The number of rotatable bonds is 5. The van der Waals surface area contributed by atoms with E-state index >= 15 is 0 Å². The lowest BCUT2D eigenvalue weighted by atomic mass is 9.97. The largest absolute Gasteiger partial charge is 0.477 e. The normalized spacial score (nSPS) is 20.2. The summed E-state index contributed by atoms with van der Waals surface area (Å²) < 4.78 is 0. The van der Waals surface area contributed by atoms with Crippen molar-refractivity contribution < 1.29 is 9.90 Å². The smallest absolute Gasteiger partial charge is 0.347 e. The van der Waals surface area contributed by atoms with Crippen LogP contribution in [0.15, 0.2) is 0 Å². The number of hydrogen-bond acceptors (Lipinski definition) is 5. The molecule has 1 aliphatic heterocycles. The molecule has 1 saturated carbocycles. The number of anilines is 1. The zero-order valence-corrected chi connectivity index (χ0v) is 13.5. The molecule has 0 amide bonds. The highest BCUT2D eigenvalue weighted by Crippen LogP contribution is 2.44. The van der Waals surface area contributed by atoms with Crippen LogP contribution in [-0.4, -0.2) is 54.7 Å². The number of nitrogens with zero attached hydrogens (tertiary/aromatic N) is 3. The number of aromatic carboxylic acids is 1. The number of hydrogen-bond donors (Lipinski definition) is 1. The third-order valence-corrected chi connectivity index (χ3v) is 5.43. The molecule has 2 heterocycles. The average Bonchev–Trinajstić information content (AvgIpc) is 3.18. The van der Waals surface area contributed by atoms with Crippen LogP contribution in [0.5, 0.6) is 0 Å². The second-order valence-corrected chi connectivity index (χ2v) is 7.46. The lowest BCUT2D eigenvalue weighted by Crippen LogP contribution is -2.37. The summed E-state index contributed by atoms with van der Waals surface area (Å²) in [6, 6.07) is 0. The topological polar surface area (TPSA) is 56.7 Å². The Morgan fingerprint density at radius 2 is 2.00 bits per heavy atom. The van der Waals surface area contributed by atoms with Gasteiger partial charge in [0.15, 0.2) is 5.13 Å². The van der Waals surface area contributed by atoms with E-state index in [2.05, 4.69) is 28.9 Å². The van der Waals surface area contributed by atoms with Gasteiger partial charge >= 0.3 is 5.97 Å². The van der Waals surface area contributed by atoms with Crippen molar-refractivity contribution in [1.29, 1.82) is 0 Å². The monoisotopic (exact) mass is 309 g/mol. The summed E-state index contributed by atoms with van der Waals surface area (Å²) in [6.07, 6.45) is 4.51. The molecule has 6 heteroatoms. The molecule has 0 atom stereocenters. The van der Waals surface area contributed by atoms with Gasteiger partial charge in [-0.2, -0.15) is 0 Å². The van der Waals surface area contributed by atoms with Gasteiger partial charge in [-0.1, -0.05) is 11.3 Å². The molecule has 0 spiro atoms. The lowest BCUT2D eigenvalue weighted by molar-refractivity contribution is 0.0700. The molecule has 2 fully saturated rings. The summed E-state index contributed by atoms with van der Waals surface area (Å²) in [4.78, 5) is 21.0. The number of piperidine rings is 1. The number of aromatic nitrogens is 1. The van der Waals surface area contributed by atoms with Gasteiger partial charge in [-0.25, -0.2) is 9.78 Å². The van der Waals surface area contributed by atoms with Gasteiger partial charge in [-0.3, -0.25) is 0 Å². The molecule has 21 heavy (non-hydrogen) atoms. The summed E-state index contributed by atoms with van der Waals surface area (Å²) >= 11 is 1.36. The molecule has 1 aromatic rings. The molecule has 1 saturated heterocycles. The van der Waals surface area contributed by atoms with Crippen LogP contribution in [-0.2, 0) is 0 Å². The van der Waals surface area contributed by atoms with Gasteiger partial charge in [0.1, 0.15) is 4.88 Å². The standard InChI is InChI=1S/C15H23N3O2S/c1-17(2)9-10-5-7-18(8-6-10)15-16-12(11-3-4-11)13(21-15)14(19)20/h10-11H,3-9H2,1-2H3,(H,19,20). The van der Waals surface area contributed by atoms with E-state index in [1.165, 1.54) is 24.2 Å².